The summed E-state index contributed by atoms with van der Waals surface area (Å²) in [7, 11) is 1.74. The van der Waals surface area contributed by atoms with E-state index in [0.29, 0.717) is 31.1 Å². The number of hydrogen-bond acceptors (Lipinski definition) is 4. The predicted molar refractivity (Wildman–Crippen MR) is 74.3 cm³/mol. The van der Waals surface area contributed by atoms with E-state index in [1.54, 1.807) is 22.8 Å². The number of ether oxygens (including phenoxy) is 1. The van der Waals surface area contributed by atoms with Crippen LogP contribution in [0.3, 0.4) is 0 Å². The Kier molecular flexibility index (Phi) is 3.06. The van der Waals surface area contributed by atoms with E-state index < -0.39 is 0 Å². The molecule has 0 fully saturated rings. The van der Waals surface area contributed by atoms with Crippen LogP contribution in [0, 0.1) is 0 Å². The van der Waals surface area contributed by atoms with Crippen molar-refractivity contribution in [2.24, 2.45) is 7.05 Å². The van der Waals surface area contributed by atoms with Gasteiger partial charge in [-0.2, -0.15) is 5.10 Å². The molecule has 2 aromatic rings. The van der Waals surface area contributed by atoms with Crippen molar-refractivity contribution in [2.45, 2.75) is 6.54 Å². The van der Waals surface area contributed by atoms with Gasteiger partial charge in [0.2, 0.25) is 0 Å². The molecule has 1 aromatic carbocycles. The molecule has 1 aliphatic heterocycles. The highest BCUT2D eigenvalue weighted by Gasteiger charge is 2.24. The Labute approximate surface area is 116 Å². The normalized spacial score (nSPS) is 14.3. The minimum absolute atomic E-state index is 0.164. The van der Waals surface area contributed by atoms with Gasteiger partial charge in [0, 0.05) is 25.4 Å². The molecular weight excluding hydrogens is 256 g/mol. The van der Waals surface area contributed by atoms with Crippen molar-refractivity contribution >= 4 is 11.6 Å². The third-order valence-electron chi connectivity index (χ3n) is 3.30. The second-order valence-corrected chi connectivity index (χ2v) is 4.79. The zero-order valence-electron chi connectivity index (χ0n) is 11.2. The predicted octanol–water partition coefficient (Wildman–Crippen LogP) is 1.04. The van der Waals surface area contributed by atoms with Crippen molar-refractivity contribution in [2.75, 3.05) is 18.9 Å². The van der Waals surface area contributed by atoms with E-state index >= 15 is 0 Å². The number of carbonyl (C=O) groups excluding carboxylic acids is 1. The standard InChI is InChI=1S/C14H16N4O2/c1-17-9-11(15)13(16-17)14(19)18-6-7-20-12-5-3-2-4-10(12)8-18/h2-5,9H,6-8,15H2,1H3. The smallest absolute Gasteiger partial charge is 0.276 e. The summed E-state index contributed by atoms with van der Waals surface area (Å²) >= 11 is 0. The average Bonchev–Trinajstić information content (AvgIpc) is 2.65. The van der Waals surface area contributed by atoms with Crippen LogP contribution in [0.4, 0.5) is 5.69 Å². The number of rotatable bonds is 1. The van der Waals surface area contributed by atoms with Crippen molar-refractivity contribution in [3.63, 3.8) is 0 Å². The fourth-order valence-electron chi connectivity index (χ4n) is 2.32. The van der Waals surface area contributed by atoms with Gasteiger partial charge in [-0.25, -0.2) is 0 Å². The van der Waals surface area contributed by atoms with Gasteiger partial charge in [-0.3, -0.25) is 9.48 Å². The minimum atomic E-state index is -0.164. The molecule has 0 atom stereocenters. The van der Waals surface area contributed by atoms with E-state index in [-0.39, 0.29) is 5.91 Å². The number of aryl methyl sites for hydroxylation is 1. The van der Waals surface area contributed by atoms with Gasteiger partial charge in [0.05, 0.1) is 12.2 Å². The highest BCUT2D eigenvalue weighted by Crippen LogP contribution is 2.23. The zero-order valence-corrected chi connectivity index (χ0v) is 11.2. The van der Waals surface area contributed by atoms with Gasteiger partial charge in [-0.05, 0) is 6.07 Å². The van der Waals surface area contributed by atoms with Crippen molar-refractivity contribution in [3.8, 4) is 5.75 Å². The fourth-order valence-corrected chi connectivity index (χ4v) is 2.32. The lowest BCUT2D eigenvalue weighted by Crippen LogP contribution is -2.33. The molecule has 0 saturated heterocycles. The molecule has 0 saturated carbocycles. The Hall–Kier alpha value is -2.50. The van der Waals surface area contributed by atoms with Crippen LogP contribution < -0.4 is 10.5 Å². The first-order valence-electron chi connectivity index (χ1n) is 6.44. The lowest BCUT2D eigenvalue weighted by molar-refractivity contribution is 0.0727. The molecule has 0 unspecified atom stereocenters. The number of nitrogen functional groups attached to an aromatic ring is 1. The SMILES string of the molecule is Cn1cc(N)c(C(=O)N2CCOc3ccccc3C2)n1. The van der Waals surface area contributed by atoms with Crippen LogP contribution in [0.2, 0.25) is 0 Å². The number of nitrogens with zero attached hydrogens (tertiary/aromatic N) is 3. The number of aromatic nitrogens is 2. The number of para-hydroxylation sites is 1. The number of carbonyl (C=O) groups is 1. The van der Waals surface area contributed by atoms with Crippen LogP contribution in [-0.4, -0.2) is 33.7 Å². The summed E-state index contributed by atoms with van der Waals surface area (Å²) in [5, 5.41) is 4.13. The molecule has 2 heterocycles. The van der Waals surface area contributed by atoms with Crippen molar-refractivity contribution in [1.29, 1.82) is 0 Å². The monoisotopic (exact) mass is 272 g/mol. The van der Waals surface area contributed by atoms with E-state index in [1.807, 2.05) is 24.3 Å². The molecule has 20 heavy (non-hydrogen) atoms. The second-order valence-electron chi connectivity index (χ2n) is 4.79. The topological polar surface area (TPSA) is 73.4 Å². The maximum absolute atomic E-state index is 12.5. The van der Waals surface area contributed by atoms with Gasteiger partial charge in [0.25, 0.3) is 5.91 Å². The van der Waals surface area contributed by atoms with Crippen molar-refractivity contribution in [1.82, 2.24) is 14.7 Å². The molecule has 104 valence electrons. The van der Waals surface area contributed by atoms with Crippen LogP contribution in [0.25, 0.3) is 0 Å². The lowest BCUT2D eigenvalue weighted by atomic mass is 10.2. The van der Waals surface area contributed by atoms with E-state index in [4.69, 9.17) is 10.5 Å². The molecule has 1 amide bonds. The number of fused-ring (bicyclic) bond motifs is 1. The quantitative estimate of drug-likeness (QED) is 0.841. The first-order chi connectivity index (χ1) is 9.65. The van der Waals surface area contributed by atoms with Crippen LogP contribution in [-0.2, 0) is 13.6 Å². The van der Waals surface area contributed by atoms with E-state index in [2.05, 4.69) is 5.10 Å². The van der Waals surface area contributed by atoms with Gasteiger partial charge in [-0.15, -0.1) is 0 Å². The third-order valence-corrected chi connectivity index (χ3v) is 3.30. The number of anilines is 1. The maximum Gasteiger partial charge on any atom is 0.276 e. The summed E-state index contributed by atoms with van der Waals surface area (Å²) < 4.78 is 7.20. The van der Waals surface area contributed by atoms with Gasteiger partial charge in [0.15, 0.2) is 5.69 Å². The molecule has 1 aromatic heterocycles. The molecule has 6 heteroatoms. The Morgan fingerprint density at radius 2 is 2.20 bits per heavy atom. The third kappa shape index (κ3) is 2.20. The van der Waals surface area contributed by atoms with Crippen molar-refractivity contribution < 1.29 is 9.53 Å². The average molecular weight is 272 g/mol. The summed E-state index contributed by atoms with van der Waals surface area (Å²) in [4.78, 5) is 14.2. The van der Waals surface area contributed by atoms with Gasteiger partial charge in [0.1, 0.15) is 12.4 Å². The van der Waals surface area contributed by atoms with Gasteiger partial charge < -0.3 is 15.4 Å². The lowest BCUT2D eigenvalue weighted by Gasteiger charge is -2.18. The summed E-state index contributed by atoms with van der Waals surface area (Å²) in [6.07, 6.45) is 1.63. The molecule has 1 aliphatic rings. The Bertz CT molecular complexity index is 650. The first-order valence-corrected chi connectivity index (χ1v) is 6.44. The number of nitrogens with two attached hydrogens (primary N) is 1. The highest BCUT2D eigenvalue weighted by atomic mass is 16.5. The molecular formula is C14H16N4O2. The first kappa shape index (κ1) is 12.5. The number of hydrogen-bond donors (Lipinski definition) is 1. The summed E-state index contributed by atoms with van der Waals surface area (Å²) in [5.74, 6) is 0.667. The fraction of sp³-hybridized carbons (Fsp3) is 0.286. The van der Waals surface area contributed by atoms with Gasteiger partial charge in [-0.1, -0.05) is 18.2 Å². The Balaban J connectivity index is 1.88. The van der Waals surface area contributed by atoms with Crippen LogP contribution in [0.1, 0.15) is 16.1 Å². The second kappa shape index (κ2) is 4.88. The molecule has 0 radical (unpaired) electrons. The largest absolute Gasteiger partial charge is 0.491 e. The number of benzene rings is 1. The van der Waals surface area contributed by atoms with Crippen LogP contribution in [0.5, 0.6) is 5.75 Å². The zero-order chi connectivity index (χ0) is 14.1. The van der Waals surface area contributed by atoms with E-state index in [9.17, 15) is 4.79 Å². The highest BCUT2D eigenvalue weighted by molar-refractivity contribution is 5.97. The molecule has 6 nitrogen and oxygen atoms in total. The van der Waals surface area contributed by atoms with E-state index in [1.165, 1.54) is 0 Å². The summed E-state index contributed by atoms with van der Waals surface area (Å²) in [6.45, 7) is 1.49. The Morgan fingerprint density at radius 1 is 1.40 bits per heavy atom. The number of amides is 1. The van der Waals surface area contributed by atoms with Crippen LogP contribution >= 0.6 is 0 Å². The Morgan fingerprint density at radius 3 is 2.95 bits per heavy atom. The molecule has 0 bridgehead atoms. The summed E-state index contributed by atoms with van der Waals surface area (Å²) in [6, 6.07) is 7.74. The minimum Gasteiger partial charge on any atom is -0.491 e. The van der Waals surface area contributed by atoms with Crippen LogP contribution in [0.15, 0.2) is 30.5 Å². The molecule has 0 aliphatic carbocycles. The van der Waals surface area contributed by atoms with Crippen molar-refractivity contribution in [3.05, 3.63) is 41.7 Å². The molecule has 3 rings (SSSR count). The molecule has 0 spiro atoms. The summed E-state index contributed by atoms with van der Waals surface area (Å²) in [5.41, 5.74) is 7.51. The molecule has 2 N–H and O–H groups in total. The maximum atomic E-state index is 12.5. The van der Waals surface area contributed by atoms with E-state index in [0.717, 1.165) is 11.3 Å². The van der Waals surface area contributed by atoms with Gasteiger partial charge >= 0.3 is 0 Å².